The van der Waals surface area contributed by atoms with Crippen LogP contribution in [0, 0.1) is 5.92 Å². The summed E-state index contributed by atoms with van der Waals surface area (Å²) in [7, 11) is 0. The van der Waals surface area contributed by atoms with E-state index in [1.165, 1.54) is 6.42 Å². The van der Waals surface area contributed by atoms with Crippen molar-refractivity contribution in [3.8, 4) is 0 Å². The topological polar surface area (TPSA) is 49.4 Å². The Kier molecular flexibility index (Phi) is 5.22. The summed E-state index contributed by atoms with van der Waals surface area (Å²) >= 11 is 0. The van der Waals surface area contributed by atoms with Crippen molar-refractivity contribution < 1.29 is 9.59 Å². The number of likely N-dealkylation sites (tertiary alicyclic amines) is 1. The highest BCUT2D eigenvalue weighted by atomic mass is 16.2. The Bertz CT molecular complexity index is 597. The van der Waals surface area contributed by atoms with E-state index in [0.717, 1.165) is 38.5 Å². The van der Waals surface area contributed by atoms with Gasteiger partial charge in [-0.15, -0.1) is 0 Å². The first-order valence-corrected chi connectivity index (χ1v) is 9.30. The highest BCUT2D eigenvalue weighted by molar-refractivity contribution is 6.04. The van der Waals surface area contributed by atoms with Gasteiger partial charge in [0.1, 0.15) is 0 Å². The van der Waals surface area contributed by atoms with Crippen LogP contribution < -0.4 is 5.32 Å². The van der Waals surface area contributed by atoms with Gasteiger partial charge in [-0.2, -0.15) is 0 Å². The summed E-state index contributed by atoms with van der Waals surface area (Å²) in [5.74, 6) is 0.200. The van der Waals surface area contributed by atoms with Gasteiger partial charge in [0.15, 0.2) is 0 Å². The first kappa shape index (κ1) is 17.0. The Morgan fingerprint density at radius 3 is 2.25 bits per heavy atom. The zero-order valence-corrected chi connectivity index (χ0v) is 14.8. The second-order valence-corrected chi connectivity index (χ2v) is 7.36. The Morgan fingerprint density at radius 1 is 0.958 bits per heavy atom. The number of nitrogens with zero attached hydrogens (tertiary/aromatic N) is 1. The lowest BCUT2D eigenvalue weighted by molar-refractivity contribution is -0.119. The predicted molar refractivity (Wildman–Crippen MR) is 96.0 cm³/mol. The number of carbonyl (C=O) groups excluding carboxylic acids is 2. The fourth-order valence-corrected chi connectivity index (χ4v) is 4.16. The quantitative estimate of drug-likeness (QED) is 0.903. The molecule has 130 valence electrons. The third-order valence-electron chi connectivity index (χ3n) is 5.57. The number of benzene rings is 1. The molecule has 24 heavy (non-hydrogen) atoms. The van der Waals surface area contributed by atoms with Crippen molar-refractivity contribution in [2.45, 2.75) is 70.9 Å². The summed E-state index contributed by atoms with van der Waals surface area (Å²) in [4.78, 5) is 27.6. The molecule has 2 aliphatic rings. The van der Waals surface area contributed by atoms with Crippen LogP contribution >= 0.6 is 0 Å². The molecule has 1 saturated carbocycles. The van der Waals surface area contributed by atoms with Crippen LogP contribution in [0.2, 0.25) is 0 Å². The molecule has 0 spiro atoms. The largest absolute Gasteiger partial charge is 0.333 e. The fraction of sp³-hybridized carbons (Fsp3) is 0.600. The summed E-state index contributed by atoms with van der Waals surface area (Å²) in [6, 6.07) is 7.93. The van der Waals surface area contributed by atoms with Crippen molar-refractivity contribution in [1.29, 1.82) is 0 Å². The lowest BCUT2D eigenvalue weighted by Crippen LogP contribution is -2.47. The SMILES string of the molecule is C[C@@H]1CCC[C@H](C)N1C(=O)c1ccccc1NC(=O)C1CCCC1. The smallest absolute Gasteiger partial charge is 0.256 e. The van der Waals surface area contributed by atoms with Crippen molar-refractivity contribution in [3.05, 3.63) is 29.8 Å². The van der Waals surface area contributed by atoms with Gasteiger partial charge < -0.3 is 10.2 Å². The number of rotatable bonds is 3. The standard InChI is InChI=1S/C20H28N2O2/c1-14-8-7-9-15(2)22(14)20(24)17-12-5-6-13-18(17)21-19(23)16-10-3-4-11-16/h5-6,12-16H,3-4,7-11H2,1-2H3,(H,21,23)/t14-,15+. The normalized spacial score (nSPS) is 24.8. The predicted octanol–water partition coefficient (Wildman–Crippen LogP) is 4.22. The van der Waals surface area contributed by atoms with Crippen molar-refractivity contribution in [2.75, 3.05) is 5.32 Å². The molecule has 4 heteroatoms. The monoisotopic (exact) mass is 328 g/mol. The minimum absolute atomic E-state index is 0.0389. The molecule has 0 radical (unpaired) electrons. The molecule has 2 fully saturated rings. The van der Waals surface area contributed by atoms with Crippen molar-refractivity contribution in [2.24, 2.45) is 5.92 Å². The first-order chi connectivity index (χ1) is 11.6. The minimum atomic E-state index is 0.0389. The molecule has 1 aliphatic heterocycles. The third kappa shape index (κ3) is 3.47. The molecule has 1 N–H and O–H groups in total. The summed E-state index contributed by atoms with van der Waals surface area (Å²) in [5.41, 5.74) is 1.27. The van der Waals surface area contributed by atoms with Crippen LogP contribution in [0.25, 0.3) is 0 Å². The zero-order valence-electron chi connectivity index (χ0n) is 14.8. The van der Waals surface area contributed by atoms with E-state index in [0.29, 0.717) is 11.3 Å². The molecular weight excluding hydrogens is 300 g/mol. The number of hydrogen-bond donors (Lipinski definition) is 1. The van der Waals surface area contributed by atoms with E-state index in [2.05, 4.69) is 19.2 Å². The second-order valence-electron chi connectivity index (χ2n) is 7.36. The van der Waals surface area contributed by atoms with Gasteiger partial charge in [0.05, 0.1) is 11.3 Å². The van der Waals surface area contributed by atoms with Gasteiger partial charge in [-0.25, -0.2) is 0 Å². The van der Waals surface area contributed by atoms with E-state index in [1.54, 1.807) is 0 Å². The molecule has 0 unspecified atom stereocenters. The first-order valence-electron chi connectivity index (χ1n) is 9.30. The number of piperidine rings is 1. The highest BCUT2D eigenvalue weighted by Crippen LogP contribution is 2.29. The van der Waals surface area contributed by atoms with Gasteiger partial charge in [0, 0.05) is 18.0 Å². The molecule has 3 rings (SSSR count). The van der Waals surface area contributed by atoms with Gasteiger partial charge in [-0.1, -0.05) is 25.0 Å². The van der Waals surface area contributed by atoms with E-state index >= 15 is 0 Å². The van der Waals surface area contributed by atoms with Crippen LogP contribution in [-0.2, 0) is 4.79 Å². The second kappa shape index (κ2) is 7.37. The summed E-state index contributed by atoms with van der Waals surface area (Å²) in [5, 5.41) is 3.02. The molecule has 0 aromatic heterocycles. The highest BCUT2D eigenvalue weighted by Gasteiger charge is 2.31. The Labute approximate surface area is 144 Å². The molecule has 1 aliphatic carbocycles. The summed E-state index contributed by atoms with van der Waals surface area (Å²) < 4.78 is 0. The third-order valence-corrected chi connectivity index (χ3v) is 5.57. The van der Waals surface area contributed by atoms with E-state index in [1.807, 2.05) is 29.2 Å². The van der Waals surface area contributed by atoms with Gasteiger partial charge >= 0.3 is 0 Å². The maximum atomic E-state index is 13.1. The van der Waals surface area contributed by atoms with Gasteiger partial charge in [0.2, 0.25) is 5.91 Å². The number of amides is 2. The van der Waals surface area contributed by atoms with Crippen molar-refractivity contribution >= 4 is 17.5 Å². The number of anilines is 1. The Hall–Kier alpha value is -1.84. The van der Waals surface area contributed by atoms with Crippen LogP contribution in [0.3, 0.4) is 0 Å². The van der Waals surface area contributed by atoms with Crippen molar-refractivity contribution in [1.82, 2.24) is 4.90 Å². The maximum Gasteiger partial charge on any atom is 0.256 e. The van der Waals surface area contributed by atoms with Crippen LogP contribution in [-0.4, -0.2) is 28.8 Å². The molecular formula is C20H28N2O2. The molecule has 1 aromatic carbocycles. The lowest BCUT2D eigenvalue weighted by atomic mass is 9.96. The van der Waals surface area contributed by atoms with E-state index < -0.39 is 0 Å². The molecule has 0 bridgehead atoms. The molecule has 1 aromatic rings. The number of nitrogens with one attached hydrogen (secondary N) is 1. The molecule has 4 nitrogen and oxygen atoms in total. The average Bonchev–Trinajstić information content (AvgIpc) is 3.09. The van der Waals surface area contributed by atoms with Gasteiger partial charge in [-0.3, -0.25) is 9.59 Å². The van der Waals surface area contributed by atoms with Gasteiger partial charge in [0.25, 0.3) is 5.91 Å². The molecule has 2 atom stereocenters. The number of para-hydroxylation sites is 1. The summed E-state index contributed by atoms with van der Waals surface area (Å²) in [6.45, 7) is 4.24. The number of hydrogen-bond acceptors (Lipinski definition) is 2. The Morgan fingerprint density at radius 2 is 1.58 bits per heavy atom. The van der Waals surface area contributed by atoms with Gasteiger partial charge in [-0.05, 0) is 58.1 Å². The number of carbonyl (C=O) groups is 2. The molecule has 1 saturated heterocycles. The summed E-state index contributed by atoms with van der Waals surface area (Å²) in [6.07, 6.45) is 7.44. The fourth-order valence-electron chi connectivity index (χ4n) is 4.16. The molecule has 2 amide bonds. The lowest BCUT2D eigenvalue weighted by Gasteiger charge is -2.39. The average molecular weight is 328 g/mol. The van der Waals surface area contributed by atoms with E-state index in [-0.39, 0.29) is 29.8 Å². The van der Waals surface area contributed by atoms with Crippen LogP contribution in [0.1, 0.15) is 69.2 Å². The Balaban J connectivity index is 1.80. The maximum absolute atomic E-state index is 13.1. The van der Waals surface area contributed by atoms with E-state index in [9.17, 15) is 9.59 Å². The van der Waals surface area contributed by atoms with Crippen LogP contribution in [0.5, 0.6) is 0 Å². The minimum Gasteiger partial charge on any atom is -0.333 e. The molecule has 1 heterocycles. The van der Waals surface area contributed by atoms with Crippen LogP contribution in [0.4, 0.5) is 5.69 Å². The van der Waals surface area contributed by atoms with Crippen molar-refractivity contribution in [3.63, 3.8) is 0 Å². The zero-order chi connectivity index (χ0) is 17.1. The van der Waals surface area contributed by atoms with Crippen LogP contribution in [0.15, 0.2) is 24.3 Å². The van der Waals surface area contributed by atoms with E-state index in [4.69, 9.17) is 0 Å².